The van der Waals surface area contributed by atoms with Gasteiger partial charge in [0.2, 0.25) is 0 Å². The van der Waals surface area contributed by atoms with Gasteiger partial charge in [0.1, 0.15) is 6.04 Å². The molecular weight excluding hydrogens is 272 g/mol. The van der Waals surface area contributed by atoms with Crippen molar-refractivity contribution in [3.8, 4) is 0 Å². The number of hydrogen-bond acceptors (Lipinski definition) is 3. The molecule has 0 aliphatic carbocycles. The molecule has 3 N–H and O–H groups in total. The zero-order valence-electron chi connectivity index (χ0n) is 13.3. The third-order valence-corrected chi connectivity index (χ3v) is 4.25. The van der Waals surface area contributed by atoms with Crippen LogP contribution in [0.15, 0.2) is 0 Å². The number of urea groups is 1. The van der Waals surface area contributed by atoms with E-state index in [4.69, 9.17) is 10.2 Å². The van der Waals surface area contributed by atoms with Crippen LogP contribution in [0.2, 0.25) is 0 Å². The van der Waals surface area contributed by atoms with Gasteiger partial charge in [-0.25, -0.2) is 9.59 Å². The lowest BCUT2D eigenvalue weighted by Gasteiger charge is -2.30. The molecule has 122 valence electrons. The monoisotopic (exact) mass is 300 g/mol. The van der Waals surface area contributed by atoms with Crippen molar-refractivity contribution in [3.63, 3.8) is 0 Å². The number of rotatable bonds is 4. The Labute approximate surface area is 126 Å². The number of aliphatic carboxylic acids is 1. The predicted octanol–water partition coefficient (Wildman–Crippen LogP) is 1.68. The van der Waals surface area contributed by atoms with E-state index in [1.807, 2.05) is 0 Å². The Morgan fingerprint density at radius 2 is 1.95 bits per heavy atom. The number of carbonyl (C=O) groups is 2. The summed E-state index contributed by atoms with van der Waals surface area (Å²) in [5.41, 5.74) is 0.229. The van der Waals surface area contributed by atoms with E-state index in [1.54, 1.807) is 4.90 Å². The minimum atomic E-state index is -1.11. The fourth-order valence-corrected chi connectivity index (χ4v) is 2.79. The van der Waals surface area contributed by atoms with Crippen LogP contribution in [0.5, 0.6) is 0 Å². The normalized spacial score (nSPS) is 21.5. The van der Waals surface area contributed by atoms with Crippen molar-refractivity contribution in [3.05, 3.63) is 0 Å². The summed E-state index contributed by atoms with van der Waals surface area (Å²) >= 11 is 0. The SMILES string of the molecule is CC(C)(C)C1CCCN(C(=O)N[C@H](CCO)C(=O)O)CC1. The fourth-order valence-electron chi connectivity index (χ4n) is 2.79. The first-order valence-corrected chi connectivity index (χ1v) is 7.64. The largest absolute Gasteiger partial charge is 0.480 e. The number of aliphatic hydroxyl groups is 1. The van der Waals surface area contributed by atoms with E-state index in [0.29, 0.717) is 19.0 Å². The molecule has 0 saturated carbocycles. The van der Waals surface area contributed by atoms with Crippen molar-refractivity contribution < 1.29 is 19.8 Å². The molecule has 1 rings (SSSR count). The van der Waals surface area contributed by atoms with E-state index in [0.717, 1.165) is 19.3 Å². The molecule has 0 aromatic carbocycles. The summed E-state index contributed by atoms with van der Waals surface area (Å²) in [6.45, 7) is 7.70. The number of amides is 2. The maximum atomic E-state index is 12.2. The summed E-state index contributed by atoms with van der Waals surface area (Å²) in [7, 11) is 0. The lowest BCUT2D eigenvalue weighted by Crippen LogP contribution is -2.48. The van der Waals surface area contributed by atoms with E-state index in [9.17, 15) is 9.59 Å². The zero-order valence-corrected chi connectivity index (χ0v) is 13.3. The van der Waals surface area contributed by atoms with Crippen LogP contribution in [0.1, 0.15) is 46.5 Å². The van der Waals surface area contributed by atoms with E-state index >= 15 is 0 Å². The molecule has 1 saturated heterocycles. The topological polar surface area (TPSA) is 89.9 Å². The van der Waals surface area contributed by atoms with E-state index in [-0.39, 0.29) is 24.5 Å². The molecule has 0 radical (unpaired) electrons. The third-order valence-electron chi connectivity index (χ3n) is 4.25. The van der Waals surface area contributed by atoms with Crippen LogP contribution in [0.3, 0.4) is 0 Å². The number of nitrogens with zero attached hydrogens (tertiary/aromatic N) is 1. The average Bonchev–Trinajstić information content (AvgIpc) is 2.63. The highest BCUT2D eigenvalue weighted by atomic mass is 16.4. The number of hydrogen-bond donors (Lipinski definition) is 3. The van der Waals surface area contributed by atoms with Gasteiger partial charge in [-0.3, -0.25) is 0 Å². The van der Waals surface area contributed by atoms with Crippen LogP contribution < -0.4 is 5.32 Å². The molecule has 2 amide bonds. The molecule has 21 heavy (non-hydrogen) atoms. The number of carbonyl (C=O) groups excluding carboxylic acids is 1. The van der Waals surface area contributed by atoms with Crippen molar-refractivity contribution in [2.75, 3.05) is 19.7 Å². The van der Waals surface area contributed by atoms with Crippen LogP contribution >= 0.6 is 0 Å². The second kappa shape index (κ2) is 7.64. The van der Waals surface area contributed by atoms with E-state index < -0.39 is 12.0 Å². The molecule has 1 heterocycles. The second-order valence-corrected chi connectivity index (χ2v) is 6.83. The van der Waals surface area contributed by atoms with Crippen LogP contribution in [-0.4, -0.2) is 52.9 Å². The average molecular weight is 300 g/mol. The molecule has 1 aliphatic heterocycles. The lowest BCUT2D eigenvalue weighted by molar-refractivity contribution is -0.139. The highest BCUT2D eigenvalue weighted by Crippen LogP contribution is 2.34. The molecule has 6 nitrogen and oxygen atoms in total. The number of carboxylic acid groups (broad SMARTS) is 1. The smallest absolute Gasteiger partial charge is 0.326 e. The molecule has 1 fully saturated rings. The summed E-state index contributed by atoms with van der Waals surface area (Å²) in [4.78, 5) is 24.9. The first-order valence-electron chi connectivity index (χ1n) is 7.64. The van der Waals surface area contributed by atoms with Gasteiger partial charge in [0.25, 0.3) is 0 Å². The Balaban J connectivity index is 2.57. The quantitative estimate of drug-likeness (QED) is 0.737. The zero-order chi connectivity index (χ0) is 16.0. The third kappa shape index (κ3) is 5.53. The van der Waals surface area contributed by atoms with Crippen LogP contribution in [0.4, 0.5) is 4.79 Å². The van der Waals surface area contributed by atoms with E-state index in [1.165, 1.54) is 0 Å². The molecule has 0 spiro atoms. The minimum Gasteiger partial charge on any atom is -0.480 e. The van der Waals surface area contributed by atoms with Crippen molar-refractivity contribution >= 4 is 12.0 Å². The molecule has 6 heteroatoms. The molecule has 1 unspecified atom stereocenters. The van der Waals surface area contributed by atoms with Gasteiger partial charge in [0.05, 0.1) is 0 Å². The maximum absolute atomic E-state index is 12.2. The van der Waals surface area contributed by atoms with Gasteiger partial charge in [0, 0.05) is 26.1 Å². The molecule has 0 bridgehead atoms. The number of likely N-dealkylation sites (tertiary alicyclic amines) is 1. The van der Waals surface area contributed by atoms with Gasteiger partial charge in [0.15, 0.2) is 0 Å². The van der Waals surface area contributed by atoms with Gasteiger partial charge >= 0.3 is 12.0 Å². The number of nitrogens with one attached hydrogen (secondary N) is 1. The number of carboxylic acids is 1. The van der Waals surface area contributed by atoms with Crippen molar-refractivity contribution in [1.29, 1.82) is 0 Å². The summed E-state index contributed by atoms with van der Waals surface area (Å²) in [5.74, 6) is -0.539. The van der Waals surface area contributed by atoms with Crippen LogP contribution in [0, 0.1) is 11.3 Å². The summed E-state index contributed by atoms with van der Waals surface area (Å²) in [5, 5.41) is 20.4. The van der Waals surface area contributed by atoms with Gasteiger partial charge in [-0.2, -0.15) is 0 Å². The molecule has 2 atom stereocenters. The summed E-state index contributed by atoms with van der Waals surface area (Å²) < 4.78 is 0. The first kappa shape index (κ1) is 17.8. The summed E-state index contributed by atoms with van der Waals surface area (Å²) in [6, 6.07) is -1.37. The van der Waals surface area contributed by atoms with E-state index in [2.05, 4.69) is 26.1 Å². The van der Waals surface area contributed by atoms with Crippen LogP contribution in [-0.2, 0) is 4.79 Å². The maximum Gasteiger partial charge on any atom is 0.326 e. The number of aliphatic hydroxyl groups excluding tert-OH is 1. The van der Waals surface area contributed by atoms with Crippen molar-refractivity contribution in [2.45, 2.75) is 52.5 Å². The second-order valence-electron chi connectivity index (χ2n) is 6.83. The highest BCUT2D eigenvalue weighted by molar-refractivity contribution is 5.82. The Bertz CT molecular complexity index is 365. The highest BCUT2D eigenvalue weighted by Gasteiger charge is 2.29. The minimum absolute atomic E-state index is 0.0273. The van der Waals surface area contributed by atoms with Gasteiger partial charge in [-0.05, 0) is 30.6 Å². The van der Waals surface area contributed by atoms with Gasteiger partial charge in [-0.1, -0.05) is 20.8 Å². The van der Waals surface area contributed by atoms with Gasteiger partial charge in [-0.15, -0.1) is 0 Å². The fraction of sp³-hybridized carbons (Fsp3) is 0.867. The van der Waals surface area contributed by atoms with Crippen molar-refractivity contribution in [1.82, 2.24) is 10.2 Å². The van der Waals surface area contributed by atoms with Gasteiger partial charge < -0.3 is 20.4 Å². The molecule has 0 aromatic heterocycles. The Kier molecular flexibility index (Phi) is 6.45. The lowest BCUT2D eigenvalue weighted by atomic mass is 9.77. The van der Waals surface area contributed by atoms with Crippen molar-refractivity contribution in [2.24, 2.45) is 11.3 Å². The Morgan fingerprint density at radius 3 is 2.48 bits per heavy atom. The molecular formula is C15H28N2O4. The Hall–Kier alpha value is -1.30. The molecule has 0 aromatic rings. The molecule has 1 aliphatic rings. The standard InChI is InChI=1S/C15H28N2O4/c1-15(2,3)11-5-4-8-17(9-6-11)14(21)16-12(7-10-18)13(19)20/h11-12,18H,4-10H2,1-3H3,(H,16,21)(H,19,20)/t11?,12-/m1/s1. The van der Waals surface area contributed by atoms with Crippen LogP contribution in [0.25, 0.3) is 0 Å². The predicted molar refractivity (Wildman–Crippen MR) is 80.0 cm³/mol. The summed E-state index contributed by atoms with van der Waals surface area (Å²) in [6.07, 6.45) is 2.99. The first-order chi connectivity index (χ1) is 9.75. The Morgan fingerprint density at radius 1 is 1.29 bits per heavy atom.